The van der Waals surface area contributed by atoms with E-state index in [0.717, 1.165) is 89.4 Å². The average Bonchev–Trinajstić information content (AvgIpc) is 4.04. The first kappa shape index (κ1) is 32.6. The van der Waals surface area contributed by atoms with E-state index in [1.165, 1.54) is 10.7 Å². The topological polar surface area (TPSA) is 83.7 Å². The minimum atomic E-state index is -0.381. The van der Waals surface area contributed by atoms with E-state index in [1.54, 1.807) is 12.1 Å². The summed E-state index contributed by atoms with van der Waals surface area (Å²) in [6.07, 6.45) is 8.37. The first-order valence-corrected chi connectivity index (χ1v) is 18.3. The Labute approximate surface area is 319 Å². The Balaban J connectivity index is 1.44. The lowest BCUT2D eigenvalue weighted by atomic mass is 10.0. The number of halogens is 1. The number of hydrogen-bond acceptors (Lipinski definition) is 4. The molecular formula is C46H31IN4O2. The molecule has 4 aromatic carbocycles. The second-order valence-corrected chi connectivity index (χ2v) is 14.1. The zero-order valence-corrected chi connectivity index (χ0v) is 30.8. The van der Waals surface area contributed by atoms with Gasteiger partial charge in [-0.3, -0.25) is 0 Å². The van der Waals surface area contributed by atoms with E-state index in [-0.39, 0.29) is 5.97 Å². The molecule has 254 valence electrons. The molecule has 0 unspecified atom stereocenters. The Hall–Kier alpha value is -6.32. The Morgan fingerprint density at radius 3 is 1.17 bits per heavy atom. The van der Waals surface area contributed by atoms with Gasteiger partial charge in [-0.25, -0.2) is 14.8 Å². The number of methoxy groups -OCH3 is 1. The van der Waals surface area contributed by atoms with Crippen LogP contribution >= 0.6 is 22.6 Å². The highest BCUT2D eigenvalue weighted by molar-refractivity contribution is 14.1. The fraction of sp³-hybridized carbons (Fsp3) is 0.0217. The lowest BCUT2D eigenvalue weighted by molar-refractivity contribution is 0.0600. The molecule has 5 heterocycles. The van der Waals surface area contributed by atoms with E-state index in [2.05, 4.69) is 154 Å². The maximum atomic E-state index is 12.4. The predicted molar refractivity (Wildman–Crippen MR) is 225 cm³/mol. The number of carbonyl (C=O) groups excluding carboxylic acids is 1. The lowest BCUT2D eigenvalue weighted by Crippen LogP contribution is -2.00. The van der Waals surface area contributed by atoms with E-state index < -0.39 is 0 Å². The monoisotopic (exact) mass is 798 g/mol. The molecule has 2 aliphatic rings. The molecule has 3 aromatic heterocycles. The Kier molecular flexibility index (Phi) is 8.40. The minimum absolute atomic E-state index is 0.381. The molecule has 0 saturated heterocycles. The van der Waals surface area contributed by atoms with Crippen molar-refractivity contribution in [1.82, 2.24) is 19.9 Å². The quantitative estimate of drug-likeness (QED) is 0.134. The fourth-order valence-corrected chi connectivity index (χ4v) is 7.50. The normalized spacial score (nSPS) is 11.9. The van der Waals surface area contributed by atoms with Gasteiger partial charge in [-0.05, 0) is 118 Å². The first-order chi connectivity index (χ1) is 26.0. The van der Waals surface area contributed by atoms with Crippen LogP contribution in [-0.2, 0) is 4.74 Å². The van der Waals surface area contributed by atoms with Crippen LogP contribution in [0.15, 0.2) is 133 Å². The van der Waals surface area contributed by atoms with E-state index >= 15 is 0 Å². The fourth-order valence-electron chi connectivity index (χ4n) is 7.14. The van der Waals surface area contributed by atoms with Crippen molar-refractivity contribution < 1.29 is 9.53 Å². The predicted octanol–water partition coefficient (Wildman–Crippen LogP) is 11.7. The molecule has 0 aliphatic carbocycles. The van der Waals surface area contributed by atoms with Crippen molar-refractivity contribution >= 4 is 74.9 Å². The van der Waals surface area contributed by atoms with Gasteiger partial charge in [-0.1, -0.05) is 84.9 Å². The van der Waals surface area contributed by atoms with Gasteiger partial charge in [0.15, 0.2) is 0 Å². The Morgan fingerprint density at radius 1 is 0.472 bits per heavy atom. The van der Waals surface area contributed by atoms with Crippen molar-refractivity contribution in [2.75, 3.05) is 7.11 Å². The SMILES string of the molecule is COC(=O)c1ccc(-c2c3nc(c(-c4ccccc4)c4ccc([nH]4)c(-c4ccc(I)cc4)c4nc(c(-c5ccccc5)c5ccc2[nH]5)C=C4)C=C3)cc1. The molecule has 2 aliphatic heterocycles. The number of benzene rings is 4. The molecule has 0 spiro atoms. The number of aromatic nitrogens is 4. The largest absolute Gasteiger partial charge is 0.465 e. The van der Waals surface area contributed by atoms with Crippen LogP contribution in [0, 0.1) is 3.57 Å². The third-order valence-corrected chi connectivity index (χ3v) is 10.3. The number of fused-ring (bicyclic) bond motifs is 8. The van der Waals surface area contributed by atoms with E-state index in [0.29, 0.717) is 5.56 Å². The summed E-state index contributed by atoms with van der Waals surface area (Å²) in [4.78, 5) is 30.6. The Morgan fingerprint density at radius 2 is 0.811 bits per heavy atom. The molecule has 2 N–H and O–H groups in total. The van der Waals surface area contributed by atoms with Gasteiger partial charge in [-0.15, -0.1) is 0 Å². The average molecular weight is 799 g/mol. The second-order valence-electron chi connectivity index (χ2n) is 12.8. The van der Waals surface area contributed by atoms with Gasteiger partial charge in [0.05, 0.1) is 35.4 Å². The van der Waals surface area contributed by atoms with Crippen LogP contribution < -0.4 is 0 Å². The molecule has 0 fully saturated rings. The number of rotatable bonds is 5. The first-order valence-electron chi connectivity index (χ1n) is 17.3. The zero-order chi connectivity index (χ0) is 35.9. The number of esters is 1. The van der Waals surface area contributed by atoms with Crippen molar-refractivity contribution in [2.24, 2.45) is 0 Å². The van der Waals surface area contributed by atoms with Crippen molar-refractivity contribution in [1.29, 1.82) is 0 Å². The molecule has 0 atom stereocenters. The number of nitrogens with zero attached hydrogens (tertiary/aromatic N) is 2. The van der Waals surface area contributed by atoms with E-state index in [1.807, 2.05) is 24.3 Å². The summed E-state index contributed by atoms with van der Waals surface area (Å²) in [5.74, 6) is -0.381. The summed E-state index contributed by atoms with van der Waals surface area (Å²) in [5, 5.41) is 0. The van der Waals surface area contributed by atoms with Crippen LogP contribution in [0.4, 0.5) is 0 Å². The molecule has 0 saturated carbocycles. The highest BCUT2D eigenvalue weighted by Crippen LogP contribution is 2.38. The summed E-state index contributed by atoms with van der Waals surface area (Å²) in [6, 6.07) is 45.3. The minimum Gasteiger partial charge on any atom is -0.465 e. The van der Waals surface area contributed by atoms with Crippen LogP contribution in [0.3, 0.4) is 0 Å². The van der Waals surface area contributed by atoms with Crippen LogP contribution in [0.25, 0.3) is 90.9 Å². The third kappa shape index (κ3) is 6.08. The van der Waals surface area contributed by atoms with Crippen LogP contribution in [0.5, 0.6) is 0 Å². The van der Waals surface area contributed by atoms with Gasteiger partial charge in [0.2, 0.25) is 0 Å². The van der Waals surface area contributed by atoms with Crippen LogP contribution in [0.1, 0.15) is 33.1 Å². The highest BCUT2D eigenvalue weighted by Gasteiger charge is 2.19. The summed E-state index contributed by atoms with van der Waals surface area (Å²) in [7, 11) is 1.39. The molecular weight excluding hydrogens is 767 g/mol. The van der Waals surface area contributed by atoms with Gasteiger partial charge >= 0.3 is 5.97 Å². The van der Waals surface area contributed by atoms with Gasteiger partial charge in [0.1, 0.15) is 0 Å². The molecule has 53 heavy (non-hydrogen) atoms. The standard InChI is InChI=1S/C46H31IN4O2/c1-53-46(52)32-14-12-30(13-15-32)44-38-24-20-34(48-38)42(28-8-4-2-5-9-28)36-22-26-40(50-36)45(31-16-18-33(47)19-17-31)41-27-23-37(51-41)43(29-10-6-3-7-11-29)35-21-25-39(44)49-35/h2-27,48,51H,1H3. The van der Waals surface area contributed by atoms with Crippen LogP contribution in [0.2, 0.25) is 0 Å². The number of carbonyl (C=O) groups is 1. The number of hydrogen-bond donors (Lipinski definition) is 2. The zero-order valence-electron chi connectivity index (χ0n) is 28.6. The maximum Gasteiger partial charge on any atom is 0.337 e. The second kappa shape index (κ2) is 13.7. The molecule has 7 aromatic rings. The van der Waals surface area contributed by atoms with Crippen molar-refractivity contribution in [3.8, 4) is 44.5 Å². The van der Waals surface area contributed by atoms with Gasteiger partial charge in [-0.2, -0.15) is 0 Å². The maximum absolute atomic E-state index is 12.4. The smallest absolute Gasteiger partial charge is 0.337 e. The summed E-state index contributed by atoms with van der Waals surface area (Å²) in [5.41, 5.74) is 15.5. The summed E-state index contributed by atoms with van der Waals surface area (Å²) < 4.78 is 6.15. The van der Waals surface area contributed by atoms with Crippen LogP contribution in [-0.4, -0.2) is 33.0 Å². The van der Waals surface area contributed by atoms with Gasteiger partial charge in [0.25, 0.3) is 0 Å². The van der Waals surface area contributed by atoms with Crippen molar-refractivity contribution in [2.45, 2.75) is 0 Å². The molecule has 0 amide bonds. The van der Waals surface area contributed by atoms with E-state index in [4.69, 9.17) is 14.7 Å². The number of H-pyrrole nitrogens is 2. The van der Waals surface area contributed by atoms with E-state index in [9.17, 15) is 4.79 Å². The third-order valence-electron chi connectivity index (χ3n) is 9.61. The number of ether oxygens (including phenoxy) is 1. The summed E-state index contributed by atoms with van der Waals surface area (Å²) in [6.45, 7) is 0. The molecule has 8 bridgehead atoms. The lowest BCUT2D eigenvalue weighted by Gasteiger charge is -2.07. The number of aromatic amines is 2. The van der Waals surface area contributed by atoms with Crippen molar-refractivity contribution in [3.63, 3.8) is 0 Å². The molecule has 0 radical (unpaired) electrons. The summed E-state index contributed by atoms with van der Waals surface area (Å²) >= 11 is 2.35. The van der Waals surface area contributed by atoms with Gasteiger partial charge < -0.3 is 14.7 Å². The number of nitrogens with one attached hydrogen (secondary N) is 2. The molecule has 6 nitrogen and oxygen atoms in total. The highest BCUT2D eigenvalue weighted by atomic mass is 127. The molecule has 9 rings (SSSR count). The van der Waals surface area contributed by atoms with Gasteiger partial charge in [0, 0.05) is 47.9 Å². The molecule has 7 heteroatoms. The van der Waals surface area contributed by atoms with Crippen molar-refractivity contribution in [3.05, 3.63) is 165 Å². The Bertz CT molecular complexity index is 2730.